The minimum Gasteiger partial charge on any atom is -0.313 e. The third-order valence-corrected chi connectivity index (χ3v) is 3.47. The number of hydrogen-bond donors (Lipinski definition) is 1. The molecule has 1 aliphatic heterocycles. The van der Waals surface area contributed by atoms with Crippen LogP contribution < -0.4 is 5.32 Å². The first kappa shape index (κ1) is 9.03. The third kappa shape index (κ3) is 1.71. The minimum atomic E-state index is -0.136. The molecule has 70 valence electrons. The molecule has 1 atom stereocenters. The standard InChI is InChI=1S/C10H12FNS/c1-12-9-4-5-13-10-6-7(11)2-3-8(9)10/h2-3,6,9,12H,4-5H2,1H3. The SMILES string of the molecule is CNC1CCSc2cc(F)ccc21. The van der Waals surface area contributed by atoms with Gasteiger partial charge in [0.2, 0.25) is 0 Å². The van der Waals surface area contributed by atoms with Gasteiger partial charge in [-0.15, -0.1) is 11.8 Å². The zero-order valence-corrected chi connectivity index (χ0v) is 8.33. The fraction of sp³-hybridized carbons (Fsp3) is 0.400. The van der Waals surface area contributed by atoms with E-state index in [0.717, 1.165) is 17.1 Å². The van der Waals surface area contributed by atoms with Gasteiger partial charge < -0.3 is 5.32 Å². The van der Waals surface area contributed by atoms with Gasteiger partial charge in [0.05, 0.1) is 0 Å². The Bertz CT molecular complexity index is 314. The topological polar surface area (TPSA) is 12.0 Å². The van der Waals surface area contributed by atoms with Gasteiger partial charge in [-0.05, 0) is 36.9 Å². The number of hydrogen-bond acceptors (Lipinski definition) is 2. The molecule has 1 aliphatic rings. The Balaban J connectivity index is 2.40. The van der Waals surface area contributed by atoms with Crippen LogP contribution in [0.25, 0.3) is 0 Å². The number of benzene rings is 1. The Morgan fingerprint density at radius 3 is 3.15 bits per heavy atom. The average Bonchev–Trinajstić information content (AvgIpc) is 2.16. The van der Waals surface area contributed by atoms with E-state index in [9.17, 15) is 4.39 Å². The summed E-state index contributed by atoms with van der Waals surface area (Å²) in [5, 5.41) is 3.24. The second kappa shape index (κ2) is 3.68. The summed E-state index contributed by atoms with van der Waals surface area (Å²) >= 11 is 1.74. The zero-order chi connectivity index (χ0) is 9.26. The lowest BCUT2D eigenvalue weighted by atomic mass is 10.0. The fourth-order valence-electron chi connectivity index (χ4n) is 1.66. The molecule has 0 fully saturated rings. The van der Waals surface area contributed by atoms with Crippen LogP contribution in [0.1, 0.15) is 18.0 Å². The van der Waals surface area contributed by atoms with Crippen molar-refractivity contribution < 1.29 is 4.39 Å². The van der Waals surface area contributed by atoms with E-state index in [1.54, 1.807) is 17.8 Å². The van der Waals surface area contributed by atoms with E-state index in [1.165, 1.54) is 11.6 Å². The lowest BCUT2D eigenvalue weighted by molar-refractivity contribution is 0.558. The molecule has 1 aromatic rings. The van der Waals surface area contributed by atoms with Crippen molar-refractivity contribution >= 4 is 11.8 Å². The van der Waals surface area contributed by atoms with Crippen LogP contribution in [0.2, 0.25) is 0 Å². The van der Waals surface area contributed by atoms with E-state index < -0.39 is 0 Å². The first-order chi connectivity index (χ1) is 6.31. The quantitative estimate of drug-likeness (QED) is 0.742. The van der Waals surface area contributed by atoms with E-state index in [4.69, 9.17) is 0 Å². The number of rotatable bonds is 1. The highest BCUT2D eigenvalue weighted by Crippen LogP contribution is 2.36. The molecule has 1 aromatic carbocycles. The van der Waals surface area contributed by atoms with Crippen LogP contribution >= 0.6 is 11.8 Å². The van der Waals surface area contributed by atoms with Gasteiger partial charge in [-0.25, -0.2) is 4.39 Å². The molecule has 0 aliphatic carbocycles. The zero-order valence-electron chi connectivity index (χ0n) is 7.51. The first-order valence-electron chi connectivity index (χ1n) is 4.41. The predicted molar refractivity (Wildman–Crippen MR) is 53.5 cm³/mol. The molecule has 1 N–H and O–H groups in total. The molecular weight excluding hydrogens is 185 g/mol. The number of halogens is 1. The Morgan fingerprint density at radius 1 is 1.54 bits per heavy atom. The lowest BCUT2D eigenvalue weighted by Gasteiger charge is -2.24. The second-order valence-corrected chi connectivity index (χ2v) is 4.30. The molecule has 3 heteroatoms. The molecule has 0 amide bonds. The second-order valence-electron chi connectivity index (χ2n) is 3.16. The highest BCUT2D eigenvalue weighted by Gasteiger charge is 2.18. The van der Waals surface area contributed by atoms with Crippen molar-refractivity contribution in [1.82, 2.24) is 5.32 Å². The fourth-order valence-corrected chi connectivity index (χ4v) is 2.81. The molecule has 0 saturated carbocycles. The summed E-state index contributed by atoms with van der Waals surface area (Å²) in [7, 11) is 1.95. The van der Waals surface area contributed by atoms with Gasteiger partial charge in [-0.3, -0.25) is 0 Å². The van der Waals surface area contributed by atoms with Gasteiger partial charge in [-0.2, -0.15) is 0 Å². The van der Waals surface area contributed by atoms with Gasteiger partial charge in [0.25, 0.3) is 0 Å². The molecule has 1 nitrogen and oxygen atoms in total. The maximum atomic E-state index is 12.9. The number of fused-ring (bicyclic) bond motifs is 1. The van der Waals surface area contributed by atoms with E-state index in [0.29, 0.717) is 6.04 Å². The molecule has 0 aromatic heterocycles. The molecule has 13 heavy (non-hydrogen) atoms. The van der Waals surface area contributed by atoms with Crippen molar-refractivity contribution in [2.45, 2.75) is 17.4 Å². The molecule has 0 radical (unpaired) electrons. The van der Waals surface area contributed by atoms with E-state index in [-0.39, 0.29) is 5.82 Å². The Labute approximate surface area is 81.7 Å². The summed E-state index contributed by atoms with van der Waals surface area (Å²) in [6.07, 6.45) is 1.12. The minimum absolute atomic E-state index is 0.136. The maximum Gasteiger partial charge on any atom is 0.124 e. The van der Waals surface area contributed by atoms with Crippen LogP contribution in [0.5, 0.6) is 0 Å². The number of nitrogens with one attached hydrogen (secondary N) is 1. The summed E-state index contributed by atoms with van der Waals surface area (Å²) in [6.45, 7) is 0. The molecule has 1 heterocycles. The Hall–Kier alpha value is -0.540. The van der Waals surface area contributed by atoms with E-state index in [1.807, 2.05) is 13.1 Å². The molecular formula is C10H12FNS. The van der Waals surface area contributed by atoms with E-state index in [2.05, 4.69) is 5.32 Å². The first-order valence-corrected chi connectivity index (χ1v) is 5.39. The molecule has 0 bridgehead atoms. The summed E-state index contributed by atoms with van der Waals surface area (Å²) in [5.74, 6) is 0.935. The monoisotopic (exact) mass is 197 g/mol. The average molecular weight is 197 g/mol. The van der Waals surface area contributed by atoms with Crippen LogP contribution in [-0.2, 0) is 0 Å². The van der Waals surface area contributed by atoms with Gasteiger partial charge in [0, 0.05) is 10.9 Å². The third-order valence-electron chi connectivity index (χ3n) is 2.36. The van der Waals surface area contributed by atoms with Crippen LogP contribution in [0.4, 0.5) is 4.39 Å². The Morgan fingerprint density at radius 2 is 2.38 bits per heavy atom. The predicted octanol–water partition coefficient (Wildman–Crippen LogP) is 2.58. The van der Waals surface area contributed by atoms with Crippen molar-refractivity contribution in [3.63, 3.8) is 0 Å². The number of thioether (sulfide) groups is 1. The maximum absolute atomic E-state index is 12.9. The van der Waals surface area contributed by atoms with Crippen molar-refractivity contribution in [1.29, 1.82) is 0 Å². The van der Waals surface area contributed by atoms with Crippen molar-refractivity contribution in [3.8, 4) is 0 Å². The Kier molecular flexibility index (Phi) is 2.56. The molecule has 0 saturated heterocycles. The van der Waals surface area contributed by atoms with Crippen LogP contribution in [0.3, 0.4) is 0 Å². The highest BCUT2D eigenvalue weighted by molar-refractivity contribution is 7.99. The smallest absolute Gasteiger partial charge is 0.124 e. The van der Waals surface area contributed by atoms with Crippen LogP contribution in [0.15, 0.2) is 23.1 Å². The highest BCUT2D eigenvalue weighted by atomic mass is 32.2. The van der Waals surface area contributed by atoms with Gasteiger partial charge in [0.1, 0.15) is 5.82 Å². The van der Waals surface area contributed by atoms with Gasteiger partial charge in [0.15, 0.2) is 0 Å². The van der Waals surface area contributed by atoms with Crippen molar-refractivity contribution in [2.75, 3.05) is 12.8 Å². The molecule has 2 rings (SSSR count). The molecule has 1 unspecified atom stereocenters. The molecule has 0 spiro atoms. The van der Waals surface area contributed by atoms with Crippen LogP contribution in [0, 0.1) is 5.82 Å². The summed E-state index contributed by atoms with van der Waals surface area (Å²) < 4.78 is 12.9. The largest absolute Gasteiger partial charge is 0.313 e. The van der Waals surface area contributed by atoms with Crippen molar-refractivity contribution in [2.24, 2.45) is 0 Å². The van der Waals surface area contributed by atoms with Gasteiger partial charge >= 0.3 is 0 Å². The van der Waals surface area contributed by atoms with Crippen LogP contribution in [-0.4, -0.2) is 12.8 Å². The summed E-state index contributed by atoms with van der Waals surface area (Å²) in [5.41, 5.74) is 1.24. The van der Waals surface area contributed by atoms with Gasteiger partial charge in [-0.1, -0.05) is 6.07 Å². The summed E-state index contributed by atoms with van der Waals surface area (Å²) in [6, 6.07) is 5.45. The lowest BCUT2D eigenvalue weighted by Crippen LogP contribution is -2.20. The normalized spacial score (nSPS) is 21.2. The van der Waals surface area contributed by atoms with E-state index >= 15 is 0 Å². The summed E-state index contributed by atoms with van der Waals surface area (Å²) in [4.78, 5) is 1.09. The van der Waals surface area contributed by atoms with Crippen molar-refractivity contribution in [3.05, 3.63) is 29.6 Å².